The van der Waals surface area contributed by atoms with Crippen molar-refractivity contribution >= 4 is 160 Å². The molecular weight excluding hydrogens is 1170 g/mol. The quantitative estimate of drug-likeness (QED) is 0.0260. The largest absolute Gasteiger partial charge is 2.00 e. The molecule has 0 saturated carbocycles. The number of hydrogen-bond donors (Lipinski definition) is 4. The number of nitrogens with zero attached hydrogens (tertiary/aromatic N) is 5. The Morgan fingerprint density at radius 2 is 1.08 bits per heavy atom. The van der Waals surface area contributed by atoms with E-state index in [4.69, 9.17) is 32.7 Å². The maximum atomic E-state index is 13.4. The van der Waals surface area contributed by atoms with Gasteiger partial charge >= 0.3 is 48.9 Å². The van der Waals surface area contributed by atoms with Gasteiger partial charge in [0.2, 0.25) is 0 Å². The van der Waals surface area contributed by atoms with Gasteiger partial charge in [0.15, 0.2) is 5.75 Å². The Bertz CT molecular complexity index is 3780. The van der Waals surface area contributed by atoms with Gasteiger partial charge in [-0.25, -0.2) is 0 Å². The number of anilines is 1. The SMILES string of the molecule is CCOc1ccccc1N=C([O-])c1cc2ccccc2c(N=Nc2cc(C)c(S(=O)(=O)O)c(Cl)c2)c1[O-].CCOc1ccccc1NC(=O)c1cc2ccccc2c(N=Nc2cc(C)c(S(=O)(=O)O)c(Cl)c2)c1O.[Ba+2]. The van der Waals surface area contributed by atoms with Crippen LogP contribution in [0.5, 0.6) is 23.0 Å². The monoisotopic (exact) mass is 1210 g/mol. The molecule has 0 radical (unpaired) electrons. The van der Waals surface area contributed by atoms with Crippen molar-refractivity contribution in [3.63, 3.8) is 0 Å². The van der Waals surface area contributed by atoms with Crippen LogP contribution in [0.15, 0.2) is 169 Å². The summed E-state index contributed by atoms with van der Waals surface area (Å²) in [6.45, 7) is 7.31. The number of aliphatic imine (C=N–C) groups is 1. The number of amides is 1. The fourth-order valence-electron chi connectivity index (χ4n) is 7.61. The van der Waals surface area contributed by atoms with Gasteiger partial charge in [-0.3, -0.25) is 18.9 Å². The first-order valence-electron chi connectivity index (χ1n) is 22.1. The average Bonchev–Trinajstić information content (AvgIpc) is 3.33. The molecule has 0 aromatic heterocycles. The molecule has 0 saturated heterocycles. The van der Waals surface area contributed by atoms with Crippen molar-refractivity contribution < 1.29 is 55.5 Å². The number of benzene rings is 8. The third kappa shape index (κ3) is 13.7. The maximum absolute atomic E-state index is 13.4. The molecule has 18 nitrogen and oxygen atoms in total. The zero-order valence-corrected chi connectivity index (χ0v) is 47.7. The minimum absolute atomic E-state index is 0. The predicted octanol–water partition coefficient (Wildman–Crippen LogP) is 11.8. The Morgan fingerprint density at radius 3 is 1.61 bits per heavy atom. The van der Waals surface area contributed by atoms with E-state index in [2.05, 4.69) is 30.8 Å². The van der Waals surface area contributed by atoms with Gasteiger partial charge in [-0.05, 0) is 122 Å². The molecule has 0 heterocycles. The molecule has 23 heteroatoms. The van der Waals surface area contributed by atoms with Gasteiger partial charge in [0, 0.05) is 10.8 Å². The molecule has 0 aliphatic carbocycles. The molecule has 0 spiro atoms. The molecule has 0 fully saturated rings. The minimum Gasteiger partial charge on any atom is -0.871 e. The first-order valence-corrected chi connectivity index (χ1v) is 25.7. The van der Waals surface area contributed by atoms with Gasteiger partial charge < -0.3 is 30.1 Å². The molecular formula is C52H42BaCl2N6O12S2. The Morgan fingerprint density at radius 1 is 0.627 bits per heavy atom. The summed E-state index contributed by atoms with van der Waals surface area (Å²) in [7, 11) is -9.07. The summed E-state index contributed by atoms with van der Waals surface area (Å²) in [5.41, 5.74) is 1.07. The first-order chi connectivity index (χ1) is 35.2. The van der Waals surface area contributed by atoms with Gasteiger partial charge in [-0.2, -0.15) is 32.2 Å². The number of phenolic OH excluding ortho intramolecular Hbond substituents is 1. The van der Waals surface area contributed by atoms with Crippen molar-refractivity contribution in [3.8, 4) is 23.0 Å². The number of fused-ring (bicyclic) bond motifs is 2. The van der Waals surface area contributed by atoms with E-state index < -0.39 is 53.3 Å². The fraction of sp³-hybridized carbons (Fsp3) is 0.115. The smallest absolute Gasteiger partial charge is 0.871 e. The average molecular weight is 1220 g/mol. The Hall–Kier alpha value is -6.41. The van der Waals surface area contributed by atoms with E-state index in [0.717, 1.165) is 0 Å². The maximum Gasteiger partial charge on any atom is 2.00 e. The summed E-state index contributed by atoms with van der Waals surface area (Å²) in [6.07, 6.45) is 0. The number of rotatable bonds is 14. The molecule has 380 valence electrons. The number of aromatic hydroxyl groups is 1. The summed E-state index contributed by atoms with van der Waals surface area (Å²) in [4.78, 5) is 16.4. The van der Waals surface area contributed by atoms with Crippen LogP contribution in [-0.2, 0) is 20.2 Å². The van der Waals surface area contributed by atoms with E-state index in [1.165, 1.54) is 44.2 Å². The standard InChI is InChI=1S/2C26H22ClN3O6S.Ba/c2*1-3-36-22-11-7-6-10-21(22)28-26(32)19-13-16-8-4-5-9-18(16)23(24(19)31)30-29-17-12-15(2)25(20(27)14-17)37(33,34)35;/h2*4-14,31H,3H2,1-2H3,(H,28,32)(H,33,34,35);/q;;+2/p-2. The summed E-state index contributed by atoms with van der Waals surface area (Å²) in [6, 6.07) is 35.7. The van der Waals surface area contributed by atoms with E-state index >= 15 is 0 Å². The topological polar surface area (TPSA) is 284 Å². The van der Waals surface area contributed by atoms with Gasteiger partial charge in [-0.1, -0.05) is 102 Å². The molecule has 4 N–H and O–H groups in total. The van der Waals surface area contributed by atoms with Crippen LogP contribution in [0.2, 0.25) is 10.0 Å². The summed E-state index contributed by atoms with van der Waals surface area (Å²) in [5.74, 6) is -1.53. The number of carbonyl (C=O) groups excluding carboxylic acids is 1. The van der Waals surface area contributed by atoms with E-state index in [1.807, 2.05) is 6.92 Å². The number of ether oxygens (including phenoxy) is 2. The van der Waals surface area contributed by atoms with Crippen LogP contribution in [0.3, 0.4) is 0 Å². The van der Waals surface area contributed by atoms with Crippen molar-refractivity contribution in [1.82, 2.24) is 0 Å². The summed E-state index contributed by atoms with van der Waals surface area (Å²) >= 11 is 12.1. The Labute approximate surface area is 481 Å². The predicted molar refractivity (Wildman–Crippen MR) is 284 cm³/mol. The van der Waals surface area contributed by atoms with Crippen molar-refractivity contribution in [2.75, 3.05) is 18.5 Å². The second-order valence-corrected chi connectivity index (χ2v) is 19.4. The number of para-hydroxylation sites is 4. The van der Waals surface area contributed by atoms with Gasteiger partial charge in [0.1, 0.15) is 32.7 Å². The number of phenols is 1. The number of aryl methyl sites for hydroxylation is 2. The molecule has 8 rings (SSSR count). The van der Waals surface area contributed by atoms with Crippen LogP contribution in [0.4, 0.5) is 34.1 Å². The molecule has 0 aliphatic rings. The third-order valence-electron chi connectivity index (χ3n) is 10.7. The van der Waals surface area contributed by atoms with Crippen molar-refractivity contribution in [2.45, 2.75) is 37.5 Å². The van der Waals surface area contributed by atoms with E-state index in [0.29, 0.717) is 51.9 Å². The van der Waals surface area contributed by atoms with Crippen LogP contribution < -0.4 is 25.0 Å². The fourth-order valence-corrected chi connectivity index (χ4v) is 10.3. The normalized spacial score (nSPS) is 11.9. The van der Waals surface area contributed by atoms with Crippen molar-refractivity contribution in [1.29, 1.82) is 0 Å². The number of halogens is 2. The number of azo groups is 2. The first kappa shape index (κ1) is 57.9. The number of carbonyl (C=O) groups is 1. The second kappa shape index (κ2) is 25.0. The number of hydrogen-bond acceptors (Lipinski definition) is 15. The van der Waals surface area contributed by atoms with Crippen LogP contribution in [0, 0.1) is 13.8 Å². The number of nitrogens with one attached hydrogen (secondary N) is 1. The van der Waals surface area contributed by atoms with Gasteiger partial charge in [-0.15, -0.1) is 5.11 Å². The summed E-state index contributed by atoms with van der Waals surface area (Å²) in [5, 5.41) is 58.4. The Kier molecular flexibility index (Phi) is 19.3. The molecule has 75 heavy (non-hydrogen) atoms. The molecule has 1 amide bonds. The zero-order valence-electron chi connectivity index (χ0n) is 40.1. The van der Waals surface area contributed by atoms with Gasteiger partial charge in [0.05, 0.1) is 51.6 Å². The third-order valence-corrected chi connectivity index (χ3v) is 13.7. The van der Waals surface area contributed by atoms with E-state index in [-0.39, 0.29) is 110 Å². The van der Waals surface area contributed by atoms with Crippen LogP contribution in [-0.4, -0.2) is 105 Å². The van der Waals surface area contributed by atoms with E-state index in [9.17, 15) is 46.1 Å². The van der Waals surface area contributed by atoms with Crippen LogP contribution in [0.1, 0.15) is 40.9 Å². The second-order valence-electron chi connectivity index (χ2n) is 15.9. The zero-order chi connectivity index (χ0) is 53.5. The molecule has 8 aromatic rings. The van der Waals surface area contributed by atoms with Crippen molar-refractivity contribution in [2.24, 2.45) is 25.4 Å². The molecule has 0 aliphatic heterocycles. The summed E-state index contributed by atoms with van der Waals surface area (Å²) < 4.78 is 76.2. The molecule has 8 aromatic carbocycles. The van der Waals surface area contributed by atoms with Crippen molar-refractivity contribution in [3.05, 3.63) is 166 Å². The van der Waals surface area contributed by atoms with Crippen LogP contribution in [0.25, 0.3) is 21.5 Å². The molecule has 0 unspecified atom stereocenters. The van der Waals surface area contributed by atoms with Crippen LogP contribution >= 0.6 is 23.2 Å². The molecule has 0 bridgehead atoms. The minimum atomic E-state index is -4.54. The van der Waals surface area contributed by atoms with Gasteiger partial charge in [0.25, 0.3) is 26.1 Å². The Balaban J connectivity index is 0.000000241. The molecule has 0 atom stereocenters. The van der Waals surface area contributed by atoms with E-state index in [1.54, 1.807) is 110 Å².